The van der Waals surface area contributed by atoms with Crippen LogP contribution in [0.5, 0.6) is 0 Å². The monoisotopic (exact) mass is 575 g/mol. The van der Waals surface area contributed by atoms with E-state index >= 15 is 0 Å². The van der Waals surface area contributed by atoms with Crippen LogP contribution in [0.4, 0.5) is 13.2 Å². The Balaban J connectivity index is 1.71. The minimum atomic E-state index is -1.58. The first-order valence-electron chi connectivity index (χ1n) is 11.1. The lowest BCUT2D eigenvalue weighted by Crippen LogP contribution is -2.45. The van der Waals surface area contributed by atoms with E-state index in [1.165, 1.54) is 24.7 Å². The number of thiol groups is 1. The van der Waals surface area contributed by atoms with Crippen LogP contribution in [0.2, 0.25) is 10.0 Å². The lowest BCUT2D eigenvalue weighted by molar-refractivity contribution is -0.151. The number of carbonyl (C=O) groups is 2. The Morgan fingerprint density at radius 1 is 1.08 bits per heavy atom. The van der Waals surface area contributed by atoms with E-state index in [1.54, 1.807) is 12.1 Å². The van der Waals surface area contributed by atoms with Crippen LogP contribution in [0.15, 0.2) is 41.4 Å². The molecule has 198 valence electrons. The van der Waals surface area contributed by atoms with Crippen molar-refractivity contribution in [2.75, 3.05) is 12.4 Å². The number of carbonyl (C=O) groups excluding carboxylic acids is 2. The summed E-state index contributed by atoms with van der Waals surface area (Å²) in [7, 11) is -1.03. The maximum Gasteiger partial charge on any atom is 0.303 e. The van der Waals surface area contributed by atoms with Gasteiger partial charge >= 0.3 is 11.9 Å². The van der Waals surface area contributed by atoms with Gasteiger partial charge in [0.25, 0.3) is 0 Å². The van der Waals surface area contributed by atoms with E-state index in [4.69, 9.17) is 32.7 Å². The van der Waals surface area contributed by atoms with Gasteiger partial charge in [0, 0.05) is 19.4 Å². The lowest BCUT2D eigenvalue weighted by Gasteiger charge is -2.44. The molecule has 7 nitrogen and oxygen atoms in total. The lowest BCUT2D eigenvalue weighted by atomic mass is 10.0. The van der Waals surface area contributed by atoms with E-state index in [0.717, 1.165) is 17.0 Å². The smallest absolute Gasteiger partial charge is 0.303 e. The van der Waals surface area contributed by atoms with Crippen LogP contribution in [0.3, 0.4) is 0 Å². The van der Waals surface area contributed by atoms with Crippen LogP contribution in [-0.4, -0.2) is 50.6 Å². The van der Waals surface area contributed by atoms with Crippen LogP contribution in [0.25, 0.3) is 11.3 Å². The maximum atomic E-state index is 13.8. The molecule has 37 heavy (non-hydrogen) atoms. The maximum absolute atomic E-state index is 13.8. The Labute approximate surface area is 223 Å². The second kappa shape index (κ2) is 11.3. The SMILES string of the molecule is CC(=O)OC[C@@H]1[C@@H](OC(C)=O)[C@H](n2cc(-c3cc(F)c(F)c(F)c3)nn2)CC[SH]1c1ccc(Cl)c(Cl)c1. The average molecular weight is 576 g/mol. The zero-order valence-electron chi connectivity index (χ0n) is 19.6. The standard InChI is InChI=1S/C24H22Cl2F3N3O4S/c1-12(33)35-11-22-24(36-13(2)34)21(5-6-37(22)15-3-4-16(25)17(26)9-15)32-10-20(30-31-32)14-7-18(27)23(29)19(28)8-14/h3-4,7-10,21-22,24,37H,5-6,11H2,1-2H3/t21-,22-,24+/m1/s1. The van der Waals surface area contributed by atoms with Crippen molar-refractivity contribution in [2.24, 2.45) is 0 Å². The van der Waals surface area contributed by atoms with Crippen LogP contribution < -0.4 is 0 Å². The fourth-order valence-electron chi connectivity index (χ4n) is 4.31. The van der Waals surface area contributed by atoms with E-state index in [1.807, 2.05) is 6.07 Å². The molecule has 4 atom stereocenters. The number of halogens is 5. The minimum absolute atomic E-state index is 0.00276. The van der Waals surface area contributed by atoms with Gasteiger partial charge in [-0.2, -0.15) is 0 Å². The molecule has 1 aliphatic rings. The van der Waals surface area contributed by atoms with Gasteiger partial charge in [-0.3, -0.25) is 9.59 Å². The summed E-state index contributed by atoms with van der Waals surface area (Å²) in [5.74, 6) is -4.69. The number of ether oxygens (including phenoxy) is 2. The number of hydrogen-bond acceptors (Lipinski definition) is 6. The third-order valence-electron chi connectivity index (χ3n) is 5.95. The molecule has 0 bridgehead atoms. The fraction of sp³-hybridized carbons (Fsp3) is 0.333. The fourth-order valence-corrected chi connectivity index (χ4v) is 7.63. The molecule has 0 amide bonds. The Morgan fingerprint density at radius 3 is 2.41 bits per heavy atom. The second-order valence-corrected chi connectivity index (χ2v) is 11.8. The number of esters is 2. The zero-order valence-corrected chi connectivity index (χ0v) is 22.0. The molecule has 13 heteroatoms. The van der Waals surface area contributed by atoms with E-state index in [2.05, 4.69) is 10.3 Å². The molecule has 4 rings (SSSR count). The normalized spacial score (nSPS) is 22.5. The summed E-state index contributed by atoms with van der Waals surface area (Å²) in [6, 6.07) is 6.41. The van der Waals surface area contributed by atoms with Crippen LogP contribution in [0, 0.1) is 17.5 Å². The Bertz CT molecular complexity index is 1320. The van der Waals surface area contributed by atoms with Crippen molar-refractivity contribution in [1.82, 2.24) is 15.0 Å². The molecular weight excluding hydrogens is 554 g/mol. The first-order chi connectivity index (χ1) is 17.5. The van der Waals surface area contributed by atoms with Gasteiger partial charge in [-0.25, -0.2) is 28.7 Å². The first kappa shape index (κ1) is 27.3. The highest BCUT2D eigenvalue weighted by atomic mass is 35.5. The summed E-state index contributed by atoms with van der Waals surface area (Å²) >= 11 is 12.3. The molecule has 0 radical (unpaired) electrons. The highest BCUT2D eigenvalue weighted by molar-refractivity contribution is 8.17. The Morgan fingerprint density at radius 2 is 1.78 bits per heavy atom. The van der Waals surface area contributed by atoms with E-state index in [9.17, 15) is 22.8 Å². The number of nitrogens with zero attached hydrogens (tertiary/aromatic N) is 3. The van der Waals surface area contributed by atoms with Crippen molar-refractivity contribution in [3.8, 4) is 11.3 Å². The molecule has 0 saturated carbocycles. The predicted octanol–water partition coefficient (Wildman–Crippen LogP) is 5.54. The Kier molecular flexibility index (Phi) is 8.35. The third-order valence-corrected chi connectivity index (χ3v) is 9.61. The van der Waals surface area contributed by atoms with Crippen molar-refractivity contribution in [1.29, 1.82) is 0 Å². The molecule has 2 heterocycles. The third kappa shape index (κ3) is 6.05. The molecule has 1 aromatic heterocycles. The van der Waals surface area contributed by atoms with Gasteiger partial charge in [0.1, 0.15) is 18.4 Å². The minimum Gasteiger partial charge on any atom is -0.465 e. The molecular formula is C24H22Cl2F3N3O4S. The largest absolute Gasteiger partial charge is 0.465 e. The summed E-state index contributed by atoms with van der Waals surface area (Å²) in [4.78, 5) is 24.7. The van der Waals surface area contributed by atoms with Gasteiger partial charge in [0.05, 0.1) is 27.5 Å². The van der Waals surface area contributed by atoms with Crippen LogP contribution in [-0.2, 0) is 19.1 Å². The van der Waals surface area contributed by atoms with E-state index in [0.29, 0.717) is 22.2 Å². The van der Waals surface area contributed by atoms with Crippen molar-refractivity contribution in [3.63, 3.8) is 0 Å². The number of hydrogen-bond donors (Lipinski definition) is 1. The van der Waals surface area contributed by atoms with Crippen molar-refractivity contribution in [3.05, 3.63) is 64.0 Å². The van der Waals surface area contributed by atoms with E-state index in [-0.39, 0.29) is 17.9 Å². The molecule has 0 spiro atoms. The van der Waals surface area contributed by atoms with Gasteiger partial charge in [-0.15, -0.1) is 5.10 Å². The van der Waals surface area contributed by atoms with Crippen LogP contribution >= 0.6 is 34.1 Å². The highest BCUT2D eigenvalue weighted by Crippen LogP contribution is 2.51. The second-order valence-electron chi connectivity index (χ2n) is 8.43. The van der Waals surface area contributed by atoms with Gasteiger partial charge in [0.15, 0.2) is 17.5 Å². The predicted molar refractivity (Wildman–Crippen MR) is 134 cm³/mol. The average Bonchev–Trinajstić information content (AvgIpc) is 3.32. The molecule has 2 aromatic carbocycles. The topological polar surface area (TPSA) is 83.3 Å². The quantitative estimate of drug-likeness (QED) is 0.236. The Hall–Kier alpha value is -2.76. The molecule has 1 unspecified atom stereocenters. The molecule has 0 N–H and O–H groups in total. The summed E-state index contributed by atoms with van der Waals surface area (Å²) in [6.45, 7) is 2.53. The zero-order chi connectivity index (χ0) is 26.9. The summed E-state index contributed by atoms with van der Waals surface area (Å²) < 4.78 is 53.5. The first-order valence-corrected chi connectivity index (χ1v) is 13.5. The van der Waals surface area contributed by atoms with Gasteiger partial charge < -0.3 is 9.47 Å². The number of rotatable bonds is 6. The molecule has 1 fully saturated rings. The van der Waals surface area contributed by atoms with E-state index < -0.39 is 57.7 Å². The van der Waals surface area contributed by atoms with Crippen LogP contribution in [0.1, 0.15) is 26.3 Å². The molecule has 1 saturated heterocycles. The van der Waals surface area contributed by atoms with Crippen molar-refractivity contribution < 1.29 is 32.2 Å². The number of aromatic nitrogens is 3. The molecule has 3 aromatic rings. The van der Waals surface area contributed by atoms with Crippen molar-refractivity contribution >= 4 is 46.0 Å². The van der Waals surface area contributed by atoms with Gasteiger partial charge in [-0.1, -0.05) is 28.4 Å². The number of benzene rings is 2. The van der Waals surface area contributed by atoms with Crippen molar-refractivity contribution in [2.45, 2.75) is 42.6 Å². The molecule has 0 aliphatic carbocycles. The summed E-state index contributed by atoms with van der Waals surface area (Å²) in [5, 5.41) is 8.44. The molecule has 1 aliphatic heterocycles. The van der Waals surface area contributed by atoms with Gasteiger partial charge in [0.2, 0.25) is 0 Å². The highest BCUT2D eigenvalue weighted by Gasteiger charge is 2.43. The summed E-state index contributed by atoms with van der Waals surface area (Å²) in [5.41, 5.74) is 0.102. The summed E-state index contributed by atoms with van der Waals surface area (Å²) in [6.07, 6.45) is 1.17. The van der Waals surface area contributed by atoms with Gasteiger partial charge in [-0.05, 0) is 47.4 Å².